The fourth-order valence-electron chi connectivity index (χ4n) is 1.71. The van der Waals surface area contributed by atoms with E-state index in [0.29, 0.717) is 0 Å². The fraction of sp³-hybridized carbons (Fsp3) is 0.231. The smallest absolute Gasteiger partial charge is 0.0503 e. The summed E-state index contributed by atoms with van der Waals surface area (Å²) >= 11 is 5.26. The molecule has 1 atom stereocenters. The molecule has 1 aromatic heterocycles. The summed E-state index contributed by atoms with van der Waals surface area (Å²) in [6, 6.07) is 12.2. The average Bonchev–Trinajstić information content (AvgIpc) is 2.73. The highest BCUT2D eigenvalue weighted by molar-refractivity contribution is 9.10. The summed E-state index contributed by atoms with van der Waals surface area (Å²) in [5.74, 6) is 0.191. The summed E-state index contributed by atoms with van der Waals surface area (Å²) < 4.78 is 1.15. The second-order valence-electron chi connectivity index (χ2n) is 3.69. The topological polar surface area (TPSA) is 20.2 Å². The van der Waals surface area contributed by atoms with E-state index in [2.05, 4.69) is 39.5 Å². The second-order valence-corrected chi connectivity index (χ2v) is 5.54. The first-order valence-corrected chi connectivity index (χ1v) is 6.86. The number of halogens is 1. The fourth-order valence-corrected chi connectivity index (χ4v) is 3.30. The van der Waals surface area contributed by atoms with Gasteiger partial charge in [0, 0.05) is 15.3 Å². The number of aliphatic hydroxyl groups excluding tert-OH is 1. The molecule has 0 aliphatic rings. The minimum absolute atomic E-state index is 0.189. The predicted molar refractivity (Wildman–Crippen MR) is 72.0 cm³/mol. The van der Waals surface area contributed by atoms with Gasteiger partial charge in [0.1, 0.15) is 0 Å². The van der Waals surface area contributed by atoms with Gasteiger partial charge in [0.05, 0.1) is 6.61 Å². The first-order chi connectivity index (χ1) is 7.81. The maximum Gasteiger partial charge on any atom is 0.0503 e. The van der Waals surface area contributed by atoms with Crippen LogP contribution < -0.4 is 0 Å². The molecule has 84 valence electrons. The van der Waals surface area contributed by atoms with E-state index in [9.17, 15) is 5.11 Å². The average molecular weight is 297 g/mol. The molecule has 0 bridgehead atoms. The quantitative estimate of drug-likeness (QED) is 0.909. The van der Waals surface area contributed by atoms with Crippen LogP contribution in [-0.2, 0) is 6.42 Å². The molecule has 2 rings (SSSR count). The monoisotopic (exact) mass is 296 g/mol. The zero-order valence-electron chi connectivity index (χ0n) is 8.77. The zero-order chi connectivity index (χ0) is 11.4. The van der Waals surface area contributed by atoms with Gasteiger partial charge in [-0.2, -0.15) is 0 Å². The maximum atomic E-state index is 9.46. The van der Waals surface area contributed by atoms with Crippen molar-refractivity contribution in [3.05, 3.63) is 56.7 Å². The molecule has 3 heteroatoms. The van der Waals surface area contributed by atoms with E-state index < -0.39 is 0 Å². The standard InChI is InChI=1S/C13H13BrOS/c14-12-6-7-16-13(12)8-11(9-15)10-4-2-1-3-5-10/h1-7,11,15H,8-9H2. The van der Waals surface area contributed by atoms with E-state index >= 15 is 0 Å². The molecule has 0 aliphatic heterocycles. The van der Waals surface area contributed by atoms with Crippen molar-refractivity contribution in [3.8, 4) is 0 Å². The van der Waals surface area contributed by atoms with Gasteiger partial charge in [0.2, 0.25) is 0 Å². The Kier molecular flexibility index (Phi) is 4.16. The minimum atomic E-state index is 0.189. The largest absolute Gasteiger partial charge is 0.396 e. The molecule has 1 aromatic carbocycles. The molecule has 16 heavy (non-hydrogen) atoms. The Hall–Kier alpha value is -0.640. The van der Waals surface area contributed by atoms with Gasteiger partial charge in [-0.25, -0.2) is 0 Å². The molecular formula is C13H13BrOS. The van der Waals surface area contributed by atoms with Crippen molar-refractivity contribution in [3.63, 3.8) is 0 Å². The van der Waals surface area contributed by atoms with Crippen LogP contribution >= 0.6 is 27.3 Å². The number of aliphatic hydroxyl groups is 1. The van der Waals surface area contributed by atoms with E-state index in [1.165, 1.54) is 10.4 Å². The summed E-state index contributed by atoms with van der Waals surface area (Å²) in [7, 11) is 0. The first-order valence-electron chi connectivity index (χ1n) is 5.19. The molecule has 0 radical (unpaired) electrons. The molecule has 1 heterocycles. The highest BCUT2D eigenvalue weighted by Gasteiger charge is 2.13. The van der Waals surface area contributed by atoms with Crippen molar-refractivity contribution in [1.82, 2.24) is 0 Å². The van der Waals surface area contributed by atoms with Crippen LogP contribution in [0.4, 0.5) is 0 Å². The van der Waals surface area contributed by atoms with Crippen LogP contribution in [0, 0.1) is 0 Å². The zero-order valence-corrected chi connectivity index (χ0v) is 11.2. The highest BCUT2D eigenvalue weighted by atomic mass is 79.9. The summed E-state index contributed by atoms with van der Waals surface area (Å²) in [6.45, 7) is 0.189. The Morgan fingerprint density at radius 2 is 1.94 bits per heavy atom. The minimum Gasteiger partial charge on any atom is -0.396 e. The number of thiophene rings is 1. The van der Waals surface area contributed by atoms with E-state index in [0.717, 1.165) is 10.9 Å². The lowest BCUT2D eigenvalue weighted by Gasteiger charge is -2.13. The molecule has 0 saturated heterocycles. The van der Waals surface area contributed by atoms with Crippen molar-refractivity contribution < 1.29 is 5.11 Å². The lowest BCUT2D eigenvalue weighted by molar-refractivity contribution is 0.265. The summed E-state index contributed by atoms with van der Waals surface area (Å²) in [6.07, 6.45) is 0.888. The molecular weight excluding hydrogens is 284 g/mol. The Bertz CT molecular complexity index is 438. The molecule has 1 unspecified atom stereocenters. The molecule has 2 aromatic rings. The van der Waals surface area contributed by atoms with Gasteiger partial charge < -0.3 is 5.11 Å². The molecule has 0 fully saturated rings. The van der Waals surface area contributed by atoms with Crippen LogP contribution in [0.1, 0.15) is 16.4 Å². The summed E-state index contributed by atoms with van der Waals surface area (Å²) in [5, 5.41) is 11.5. The highest BCUT2D eigenvalue weighted by Crippen LogP contribution is 2.29. The molecule has 1 N–H and O–H groups in total. The number of rotatable bonds is 4. The van der Waals surface area contributed by atoms with Crippen LogP contribution in [0.2, 0.25) is 0 Å². The van der Waals surface area contributed by atoms with E-state index in [4.69, 9.17) is 0 Å². The van der Waals surface area contributed by atoms with Gasteiger partial charge in [-0.1, -0.05) is 30.3 Å². The Morgan fingerprint density at radius 1 is 1.19 bits per heavy atom. The molecule has 0 spiro atoms. The van der Waals surface area contributed by atoms with E-state index in [-0.39, 0.29) is 12.5 Å². The van der Waals surface area contributed by atoms with Crippen LogP contribution in [-0.4, -0.2) is 11.7 Å². The van der Waals surface area contributed by atoms with E-state index in [1.807, 2.05) is 18.2 Å². The van der Waals surface area contributed by atoms with Crippen molar-refractivity contribution in [2.75, 3.05) is 6.61 Å². The van der Waals surface area contributed by atoms with E-state index in [1.54, 1.807) is 11.3 Å². The van der Waals surface area contributed by atoms with Crippen molar-refractivity contribution in [2.24, 2.45) is 0 Å². The number of hydrogen-bond donors (Lipinski definition) is 1. The van der Waals surface area contributed by atoms with Crippen LogP contribution in [0.15, 0.2) is 46.3 Å². The van der Waals surface area contributed by atoms with Crippen LogP contribution in [0.25, 0.3) is 0 Å². The van der Waals surface area contributed by atoms with Gasteiger partial charge in [-0.3, -0.25) is 0 Å². The molecule has 0 saturated carbocycles. The molecule has 0 amide bonds. The lowest BCUT2D eigenvalue weighted by atomic mass is 9.96. The second kappa shape index (κ2) is 5.62. The first kappa shape index (κ1) is 11.8. The lowest BCUT2D eigenvalue weighted by Crippen LogP contribution is -2.06. The Labute approximate surface area is 108 Å². The van der Waals surface area contributed by atoms with Gasteiger partial charge in [-0.15, -0.1) is 11.3 Å². The molecule has 0 aliphatic carbocycles. The van der Waals surface area contributed by atoms with Gasteiger partial charge in [-0.05, 0) is 39.4 Å². The third kappa shape index (κ3) is 2.73. The third-order valence-electron chi connectivity index (χ3n) is 2.61. The summed E-state index contributed by atoms with van der Waals surface area (Å²) in [4.78, 5) is 1.29. The maximum absolute atomic E-state index is 9.46. The van der Waals surface area contributed by atoms with Crippen molar-refractivity contribution in [2.45, 2.75) is 12.3 Å². The predicted octanol–water partition coefficient (Wildman–Crippen LogP) is 3.83. The van der Waals surface area contributed by atoms with Crippen molar-refractivity contribution in [1.29, 1.82) is 0 Å². The number of benzene rings is 1. The van der Waals surface area contributed by atoms with Crippen LogP contribution in [0.5, 0.6) is 0 Å². The van der Waals surface area contributed by atoms with Gasteiger partial charge >= 0.3 is 0 Å². The SMILES string of the molecule is OCC(Cc1sccc1Br)c1ccccc1. The normalized spacial score (nSPS) is 12.6. The van der Waals surface area contributed by atoms with Gasteiger partial charge in [0.25, 0.3) is 0 Å². The Morgan fingerprint density at radius 3 is 2.50 bits per heavy atom. The summed E-state index contributed by atoms with van der Waals surface area (Å²) in [5.41, 5.74) is 1.20. The molecule has 1 nitrogen and oxygen atoms in total. The third-order valence-corrected chi connectivity index (χ3v) is 4.56. The Balaban J connectivity index is 2.16. The van der Waals surface area contributed by atoms with Crippen LogP contribution in [0.3, 0.4) is 0 Å². The van der Waals surface area contributed by atoms with Gasteiger partial charge in [0.15, 0.2) is 0 Å². The number of hydrogen-bond acceptors (Lipinski definition) is 2. The van der Waals surface area contributed by atoms with Crippen molar-refractivity contribution >= 4 is 27.3 Å².